The van der Waals surface area contributed by atoms with E-state index in [4.69, 9.17) is 4.74 Å². The maximum atomic E-state index is 5.04. The van der Waals surface area contributed by atoms with E-state index in [9.17, 15) is 0 Å². The van der Waals surface area contributed by atoms with Crippen molar-refractivity contribution in [2.24, 2.45) is 0 Å². The molecule has 0 saturated carbocycles. The number of rotatable bonds is 6. The molecule has 2 rings (SSSR count). The standard InChI is InChI=1S/C11H15N5OS/c1-12-8-5-9(16-10(15-8)7-17-2)14-6-11-13-3-4-18-11/h3-5H,6-7H2,1-2H3,(H2,12,14,15,16). The molecular weight excluding hydrogens is 250 g/mol. The van der Waals surface area contributed by atoms with Gasteiger partial charge in [-0.3, -0.25) is 0 Å². The average Bonchev–Trinajstić information content (AvgIpc) is 2.89. The van der Waals surface area contributed by atoms with Crippen molar-refractivity contribution in [3.63, 3.8) is 0 Å². The van der Waals surface area contributed by atoms with Gasteiger partial charge in [0.15, 0.2) is 5.82 Å². The van der Waals surface area contributed by atoms with Crippen LogP contribution in [0, 0.1) is 0 Å². The van der Waals surface area contributed by atoms with E-state index < -0.39 is 0 Å². The maximum absolute atomic E-state index is 5.04. The van der Waals surface area contributed by atoms with Crippen LogP contribution >= 0.6 is 11.3 Å². The van der Waals surface area contributed by atoms with E-state index in [0.29, 0.717) is 19.0 Å². The van der Waals surface area contributed by atoms with Crippen molar-refractivity contribution in [3.05, 3.63) is 28.5 Å². The highest BCUT2D eigenvalue weighted by molar-refractivity contribution is 7.09. The van der Waals surface area contributed by atoms with E-state index in [1.54, 1.807) is 24.6 Å². The third-order valence-electron chi connectivity index (χ3n) is 2.21. The lowest BCUT2D eigenvalue weighted by atomic mass is 10.4. The van der Waals surface area contributed by atoms with Crippen molar-refractivity contribution >= 4 is 23.0 Å². The van der Waals surface area contributed by atoms with E-state index in [2.05, 4.69) is 25.6 Å². The van der Waals surface area contributed by atoms with Gasteiger partial charge in [-0.05, 0) is 0 Å². The molecule has 2 N–H and O–H groups in total. The third-order valence-corrected chi connectivity index (χ3v) is 2.99. The summed E-state index contributed by atoms with van der Waals surface area (Å²) >= 11 is 1.61. The minimum Gasteiger partial charge on any atom is -0.377 e. The summed E-state index contributed by atoms with van der Waals surface area (Å²) < 4.78 is 5.04. The van der Waals surface area contributed by atoms with Crippen LogP contribution in [0.4, 0.5) is 11.6 Å². The molecule has 18 heavy (non-hydrogen) atoms. The molecule has 2 aromatic rings. The van der Waals surface area contributed by atoms with Gasteiger partial charge in [0, 0.05) is 31.8 Å². The second kappa shape index (κ2) is 6.27. The number of hydrogen-bond donors (Lipinski definition) is 2. The first-order valence-corrected chi connectivity index (χ1v) is 6.36. The monoisotopic (exact) mass is 265 g/mol. The zero-order valence-corrected chi connectivity index (χ0v) is 11.1. The Balaban J connectivity index is 2.08. The predicted octanol–water partition coefficient (Wildman–Crippen LogP) is 1.73. The summed E-state index contributed by atoms with van der Waals surface area (Å²) in [6.07, 6.45) is 1.79. The van der Waals surface area contributed by atoms with Crippen LogP contribution < -0.4 is 10.6 Å². The molecule has 0 fully saturated rings. The number of nitrogens with one attached hydrogen (secondary N) is 2. The lowest BCUT2D eigenvalue weighted by Crippen LogP contribution is -2.07. The van der Waals surface area contributed by atoms with E-state index in [1.165, 1.54) is 0 Å². The molecule has 7 heteroatoms. The topological polar surface area (TPSA) is 72.0 Å². The molecule has 6 nitrogen and oxygen atoms in total. The Kier molecular flexibility index (Phi) is 4.43. The lowest BCUT2D eigenvalue weighted by molar-refractivity contribution is 0.178. The molecule has 0 aliphatic heterocycles. The molecule has 0 atom stereocenters. The van der Waals surface area contributed by atoms with E-state index in [1.807, 2.05) is 18.5 Å². The van der Waals surface area contributed by atoms with E-state index in [-0.39, 0.29) is 0 Å². The van der Waals surface area contributed by atoms with Crippen LogP contribution in [0.5, 0.6) is 0 Å². The summed E-state index contributed by atoms with van der Waals surface area (Å²) in [5.41, 5.74) is 0. The second-order valence-corrected chi connectivity index (χ2v) is 4.50. The average molecular weight is 265 g/mol. The number of hydrogen-bond acceptors (Lipinski definition) is 7. The molecule has 96 valence electrons. The fourth-order valence-electron chi connectivity index (χ4n) is 1.42. The number of anilines is 2. The molecule has 0 amide bonds. The van der Waals surface area contributed by atoms with Gasteiger partial charge in [0.05, 0.1) is 6.54 Å². The normalized spacial score (nSPS) is 10.3. The third kappa shape index (κ3) is 3.38. The molecule has 0 aliphatic rings. The molecule has 0 radical (unpaired) electrons. The van der Waals surface area contributed by atoms with Crippen molar-refractivity contribution < 1.29 is 4.74 Å². The van der Waals surface area contributed by atoms with Crippen molar-refractivity contribution in [2.45, 2.75) is 13.2 Å². The molecule has 0 bridgehead atoms. The number of nitrogens with zero attached hydrogens (tertiary/aromatic N) is 3. The largest absolute Gasteiger partial charge is 0.377 e. The molecule has 0 unspecified atom stereocenters. The van der Waals surface area contributed by atoms with Gasteiger partial charge >= 0.3 is 0 Å². The zero-order valence-electron chi connectivity index (χ0n) is 10.3. The molecule has 0 aromatic carbocycles. The highest BCUT2D eigenvalue weighted by Crippen LogP contribution is 2.13. The van der Waals surface area contributed by atoms with Crippen molar-refractivity contribution in [3.8, 4) is 0 Å². The smallest absolute Gasteiger partial charge is 0.158 e. The van der Waals surface area contributed by atoms with Crippen LogP contribution in [-0.2, 0) is 17.9 Å². The lowest BCUT2D eigenvalue weighted by Gasteiger charge is -2.08. The predicted molar refractivity (Wildman–Crippen MR) is 71.7 cm³/mol. The van der Waals surface area contributed by atoms with Crippen LogP contribution in [0.3, 0.4) is 0 Å². The van der Waals surface area contributed by atoms with Crippen molar-refractivity contribution in [1.29, 1.82) is 0 Å². The van der Waals surface area contributed by atoms with Gasteiger partial charge in [-0.2, -0.15) is 0 Å². The molecule has 0 saturated heterocycles. The van der Waals surface area contributed by atoms with Crippen LogP contribution in [0.15, 0.2) is 17.6 Å². The van der Waals surface area contributed by atoms with Gasteiger partial charge in [-0.15, -0.1) is 11.3 Å². The number of thiazole rings is 1. The van der Waals surface area contributed by atoms with Crippen molar-refractivity contribution in [1.82, 2.24) is 15.0 Å². The van der Waals surface area contributed by atoms with Crippen LogP contribution in [0.1, 0.15) is 10.8 Å². The highest BCUT2D eigenvalue weighted by atomic mass is 32.1. The summed E-state index contributed by atoms with van der Waals surface area (Å²) in [6.45, 7) is 1.05. The number of methoxy groups -OCH3 is 1. The van der Waals surface area contributed by atoms with Gasteiger partial charge in [0.2, 0.25) is 0 Å². The molecular formula is C11H15N5OS. The van der Waals surface area contributed by atoms with Gasteiger partial charge < -0.3 is 15.4 Å². The summed E-state index contributed by atoms with van der Waals surface area (Å²) in [7, 11) is 3.45. The van der Waals surface area contributed by atoms with E-state index >= 15 is 0 Å². The minimum absolute atomic E-state index is 0.390. The quantitative estimate of drug-likeness (QED) is 0.829. The van der Waals surface area contributed by atoms with Crippen LogP contribution in [0.25, 0.3) is 0 Å². The second-order valence-electron chi connectivity index (χ2n) is 3.52. The molecule has 0 spiro atoms. The fraction of sp³-hybridized carbons (Fsp3) is 0.364. The first-order valence-electron chi connectivity index (χ1n) is 5.48. The Hall–Kier alpha value is -1.73. The Labute approximate surface area is 109 Å². The summed E-state index contributed by atoms with van der Waals surface area (Å²) in [4.78, 5) is 12.9. The van der Waals surface area contributed by atoms with Gasteiger partial charge in [-0.25, -0.2) is 15.0 Å². The minimum atomic E-state index is 0.390. The van der Waals surface area contributed by atoms with Crippen LogP contribution in [0.2, 0.25) is 0 Å². The highest BCUT2D eigenvalue weighted by Gasteiger charge is 2.04. The van der Waals surface area contributed by atoms with E-state index in [0.717, 1.165) is 16.6 Å². The van der Waals surface area contributed by atoms with Crippen molar-refractivity contribution in [2.75, 3.05) is 24.8 Å². The first kappa shape index (κ1) is 12.7. The fourth-order valence-corrected chi connectivity index (χ4v) is 1.97. The van der Waals surface area contributed by atoms with Gasteiger partial charge in [-0.1, -0.05) is 0 Å². The van der Waals surface area contributed by atoms with Gasteiger partial charge in [0.1, 0.15) is 23.3 Å². The summed E-state index contributed by atoms with van der Waals surface area (Å²) in [5, 5.41) is 9.19. The number of aromatic nitrogens is 3. The Morgan fingerprint density at radius 1 is 1.33 bits per heavy atom. The SMILES string of the molecule is CNc1cc(NCc2nccs2)nc(COC)n1. The number of ether oxygens (including phenoxy) is 1. The Morgan fingerprint density at radius 3 is 2.83 bits per heavy atom. The Morgan fingerprint density at radius 2 is 2.17 bits per heavy atom. The summed E-state index contributed by atoms with van der Waals surface area (Å²) in [6, 6.07) is 1.85. The molecule has 0 aliphatic carbocycles. The van der Waals surface area contributed by atoms with Crippen LogP contribution in [-0.4, -0.2) is 29.1 Å². The first-order chi connectivity index (χ1) is 8.81. The maximum Gasteiger partial charge on any atom is 0.158 e. The molecule has 2 aromatic heterocycles. The zero-order chi connectivity index (χ0) is 12.8. The van der Waals surface area contributed by atoms with Gasteiger partial charge in [0.25, 0.3) is 0 Å². The Bertz CT molecular complexity index is 488. The summed E-state index contributed by atoms with van der Waals surface area (Å²) in [5.74, 6) is 2.17. The molecule has 2 heterocycles.